The Morgan fingerprint density at radius 3 is 2.44 bits per heavy atom. The van der Waals surface area contributed by atoms with Gasteiger partial charge in [0.05, 0.1) is 5.56 Å². The maximum absolute atomic E-state index is 12.6. The molecule has 0 bridgehead atoms. The van der Waals surface area contributed by atoms with Gasteiger partial charge in [-0.15, -0.1) is 0 Å². The number of carbonyl (C=O) groups excluding carboxylic acids is 1. The number of hydrogen-bond acceptors (Lipinski definition) is 5. The van der Waals surface area contributed by atoms with Gasteiger partial charge in [-0.25, -0.2) is 9.97 Å². The Hall–Kier alpha value is -2.63. The van der Waals surface area contributed by atoms with Crippen molar-refractivity contribution in [1.82, 2.24) is 14.9 Å². The average Bonchev–Trinajstić information content (AvgIpc) is 2.70. The van der Waals surface area contributed by atoms with E-state index in [0.29, 0.717) is 17.4 Å². The maximum atomic E-state index is 12.6. The van der Waals surface area contributed by atoms with Gasteiger partial charge in [0.2, 0.25) is 5.95 Å². The van der Waals surface area contributed by atoms with E-state index in [2.05, 4.69) is 53.1 Å². The number of anilines is 3. The summed E-state index contributed by atoms with van der Waals surface area (Å²) >= 11 is 0. The summed E-state index contributed by atoms with van der Waals surface area (Å²) in [5.74, 6) is 1.08. The summed E-state index contributed by atoms with van der Waals surface area (Å²) < 4.78 is 0. The van der Waals surface area contributed by atoms with Crippen LogP contribution < -0.4 is 10.2 Å². The normalized spacial score (nSPS) is 16.9. The van der Waals surface area contributed by atoms with Gasteiger partial charge in [0.25, 0.3) is 5.91 Å². The van der Waals surface area contributed by atoms with E-state index in [9.17, 15) is 4.79 Å². The molecule has 0 radical (unpaired) electrons. The van der Waals surface area contributed by atoms with E-state index in [1.807, 2.05) is 17.0 Å². The van der Waals surface area contributed by atoms with Crippen LogP contribution in [-0.2, 0) is 0 Å². The van der Waals surface area contributed by atoms with Crippen LogP contribution in [0.4, 0.5) is 17.3 Å². The molecule has 1 aliphatic rings. The highest BCUT2D eigenvalue weighted by atomic mass is 16.2. The monoisotopic (exact) mass is 367 g/mol. The van der Waals surface area contributed by atoms with Gasteiger partial charge < -0.3 is 15.1 Å². The molecule has 1 aromatic heterocycles. The van der Waals surface area contributed by atoms with Gasteiger partial charge in [-0.05, 0) is 56.9 Å². The van der Waals surface area contributed by atoms with Crippen LogP contribution >= 0.6 is 0 Å². The van der Waals surface area contributed by atoms with Gasteiger partial charge >= 0.3 is 0 Å². The summed E-state index contributed by atoms with van der Waals surface area (Å²) in [5.41, 5.74) is 2.67. The van der Waals surface area contributed by atoms with Gasteiger partial charge in [0.1, 0.15) is 0 Å². The second-order valence-electron chi connectivity index (χ2n) is 7.14. The van der Waals surface area contributed by atoms with Gasteiger partial charge in [-0.3, -0.25) is 4.79 Å². The van der Waals surface area contributed by atoms with Crippen molar-refractivity contribution in [1.29, 1.82) is 0 Å². The van der Waals surface area contributed by atoms with Crippen LogP contribution in [0.25, 0.3) is 0 Å². The summed E-state index contributed by atoms with van der Waals surface area (Å²) in [5, 5.41) is 3.19. The molecule has 6 heteroatoms. The first-order valence-electron chi connectivity index (χ1n) is 9.84. The van der Waals surface area contributed by atoms with Gasteiger partial charge in [-0.1, -0.05) is 6.92 Å². The second kappa shape index (κ2) is 8.84. The first-order chi connectivity index (χ1) is 13.1. The molecule has 3 rings (SSSR count). The fourth-order valence-corrected chi connectivity index (χ4v) is 3.53. The van der Waals surface area contributed by atoms with Crippen molar-refractivity contribution < 1.29 is 4.79 Å². The van der Waals surface area contributed by atoms with Crippen LogP contribution in [0.5, 0.6) is 0 Å². The molecular weight excluding hydrogens is 338 g/mol. The lowest BCUT2D eigenvalue weighted by Crippen LogP contribution is -2.39. The largest absolute Gasteiger partial charge is 0.372 e. The third-order valence-electron chi connectivity index (χ3n) is 5.10. The number of aromatic nitrogens is 2. The van der Waals surface area contributed by atoms with Gasteiger partial charge in [0, 0.05) is 49.9 Å². The number of amides is 1. The molecule has 2 heterocycles. The van der Waals surface area contributed by atoms with Crippen molar-refractivity contribution in [2.75, 3.05) is 36.4 Å². The van der Waals surface area contributed by atoms with Crippen LogP contribution in [0.1, 0.15) is 44.0 Å². The Kier molecular flexibility index (Phi) is 6.27. The highest BCUT2D eigenvalue weighted by molar-refractivity contribution is 5.93. The third kappa shape index (κ3) is 4.76. The topological polar surface area (TPSA) is 61.4 Å². The quantitative estimate of drug-likeness (QED) is 0.838. The molecule has 1 aromatic carbocycles. The number of benzene rings is 1. The number of nitrogens with zero attached hydrogens (tertiary/aromatic N) is 4. The summed E-state index contributed by atoms with van der Waals surface area (Å²) in [4.78, 5) is 25.4. The zero-order valence-corrected chi connectivity index (χ0v) is 16.5. The minimum Gasteiger partial charge on any atom is -0.372 e. The summed E-state index contributed by atoms with van der Waals surface area (Å²) in [6.45, 7) is 10.1. The van der Waals surface area contributed by atoms with Gasteiger partial charge in [0.15, 0.2) is 0 Å². The summed E-state index contributed by atoms with van der Waals surface area (Å²) in [7, 11) is 0. The lowest BCUT2D eigenvalue weighted by molar-refractivity contribution is 0.0682. The minimum atomic E-state index is 0.0247. The van der Waals surface area contributed by atoms with Crippen molar-refractivity contribution in [3.05, 3.63) is 42.2 Å². The Morgan fingerprint density at radius 1 is 1.19 bits per heavy atom. The van der Waals surface area contributed by atoms with E-state index in [1.165, 1.54) is 12.1 Å². The smallest absolute Gasteiger partial charge is 0.257 e. The predicted molar refractivity (Wildman–Crippen MR) is 110 cm³/mol. The first-order valence-corrected chi connectivity index (χ1v) is 9.84. The molecule has 1 amide bonds. The third-order valence-corrected chi connectivity index (χ3v) is 5.10. The van der Waals surface area contributed by atoms with E-state index >= 15 is 0 Å². The minimum absolute atomic E-state index is 0.0247. The van der Waals surface area contributed by atoms with Crippen LogP contribution in [-0.4, -0.2) is 47.0 Å². The Morgan fingerprint density at radius 2 is 1.85 bits per heavy atom. The summed E-state index contributed by atoms with van der Waals surface area (Å²) in [6, 6.07) is 8.21. The molecule has 27 heavy (non-hydrogen) atoms. The maximum Gasteiger partial charge on any atom is 0.257 e. The molecule has 144 valence electrons. The molecule has 1 N–H and O–H groups in total. The highest BCUT2D eigenvalue weighted by Crippen LogP contribution is 2.20. The van der Waals surface area contributed by atoms with Crippen LogP contribution in [0.3, 0.4) is 0 Å². The van der Waals surface area contributed by atoms with E-state index in [1.54, 1.807) is 12.4 Å². The molecule has 1 unspecified atom stereocenters. The van der Waals surface area contributed by atoms with Crippen molar-refractivity contribution in [2.45, 2.75) is 33.6 Å². The number of rotatable bonds is 6. The molecule has 0 spiro atoms. The molecule has 1 atom stereocenters. The van der Waals surface area contributed by atoms with Crippen molar-refractivity contribution in [3.8, 4) is 0 Å². The number of carbonyl (C=O) groups is 1. The Balaban J connectivity index is 1.63. The highest BCUT2D eigenvalue weighted by Gasteiger charge is 2.22. The van der Waals surface area contributed by atoms with Crippen LogP contribution in [0.15, 0.2) is 36.7 Å². The van der Waals surface area contributed by atoms with E-state index in [0.717, 1.165) is 38.3 Å². The van der Waals surface area contributed by atoms with Crippen LogP contribution in [0.2, 0.25) is 0 Å². The van der Waals surface area contributed by atoms with Crippen molar-refractivity contribution in [2.24, 2.45) is 5.92 Å². The van der Waals surface area contributed by atoms with Crippen LogP contribution in [0, 0.1) is 5.92 Å². The van der Waals surface area contributed by atoms with Crippen molar-refractivity contribution >= 4 is 23.2 Å². The lowest BCUT2D eigenvalue weighted by atomic mass is 10.00. The molecule has 1 fully saturated rings. The fourth-order valence-electron chi connectivity index (χ4n) is 3.53. The molecule has 0 aliphatic carbocycles. The summed E-state index contributed by atoms with van der Waals surface area (Å²) in [6.07, 6.45) is 5.48. The second-order valence-corrected chi connectivity index (χ2v) is 7.14. The number of piperidine rings is 1. The SMILES string of the molecule is CCN(CC)c1ccc(Nc2ncc(C(=O)N3CCCC(C)C3)cn2)cc1. The van der Waals surface area contributed by atoms with Crippen molar-refractivity contribution in [3.63, 3.8) is 0 Å². The molecule has 6 nitrogen and oxygen atoms in total. The molecule has 0 saturated carbocycles. The van der Waals surface area contributed by atoms with E-state index < -0.39 is 0 Å². The molecular formula is C21H29N5O. The molecule has 2 aromatic rings. The molecule has 1 saturated heterocycles. The first kappa shape index (κ1) is 19.1. The number of hydrogen-bond donors (Lipinski definition) is 1. The zero-order chi connectivity index (χ0) is 19.2. The fraction of sp³-hybridized carbons (Fsp3) is 0.476. The Labute approximate surface area is 161 Å². The number of nitrogens with one attached hydrogen (secondary N) is 1. The standard InChI is InChI=1S/C21H29N5O/c1-4-25(5-2)19-10-8-18(9-11-19)24-21-22-13-17(14-23-21)20(27)26-12-6-7-16(3)15-26/h8-11,13-14,16H,4-7,12,15H2,1-3H3,(H,22,23,24). The van der Waals surface area contributed by atoms with E-state index in [4.69, 9.17) is 0 Å². The van der Waals surface area contributed by atoms with E-state index in [-0.39, 0.29) is 5.91 Å². The number of likely N-dealkylation sites (tertiary alicyclic amines) is 1. The Bertz CT molecular complexity index is 740. The van der Waals surface area contributed by atoms with Gasteiger partial charge in [-0.2, -0.15) is 0 Å². The predicted octanol–water partition coefficient (Wildman–Crippen LogP) is 3.94. The molecule has 1 aliphatic heterocycles. The average molecular weight is 367 g/mol. The zero-order valence-electron chi connectivity index (χ0n) is 16.5. The lowest BCUT2D eigenvalue weighted by Gasteiger charge is -2.30.